The fraction of sp³-hybridized carbons (Fsp3) is 0.269. The molecule has 0 fully saturated rings. The lowest BCUT2D eigenvalue weighted by molar-refractivity contribution is -0.338. The van der Waals surface area contributed by atoms with E-state index in [4.69, 9.17) is 4.74 Å². The van der Waals surface area contributed by atoms with Gasteiger partial charge in [0.15, 0.2) is 0 Å². The van der Waals surface area contributed by atoms with Gasteiger partial charge in [0.2, 0.25) is 0 Å². The molecule has 0 radical (unpaired) electrons. The zero-order chi connectivity index (χ0) is 27.0. The number of para-hydroxylation sites is 1. The molecule has 4 rings (SSSR count). The molecule has 1 aliphatic heterocycles. The molecular formula is C26H21F7N2O2. The number of hydrogen-bond donors (Lipinski definition) is 1. The third-order valence-electron chi connectivity index (χ3n) is 6.02. The van der Waals surface area contributed by atoms with Gasteiger partial charge in [0.25, 0.3) is 5.60 Å². The molecule has 0 amide bonds. The Kier molecular flexibility index (Phi) is 6.93. The minimum absolute atomic E-state index is 0.276. The van der Waals surface area contributed by atoms with Crippen molar-refractivity contribution in [3.63, 3.8) is 0 Å². The largest absolute Gasteiger partial charge is 0.494 e. The van der Waals surface area contributed by atoms with Gasteiger partial charge in [0.1, 0.15) is 11.6 Å². The summed E-state index contributed by atoms with van der Waals surface area (Å²) in [5.41, 5.74) is -5.34. The molecular weight excluding hydrogens is 505 g/mol. The summed E-state index contributed by atoms with van der Waals surface area (Å²) >= 11 is 0. The van der Waals surface area contributed by atoms with E-state index in [1.165, 1.54) is 30.3 Å². The van der Waals surface area contributed by atoms with Crippen LogP contribution in [0.1, 0.15) is 24.9 Å². The summed E-state index contributed by atoms with van der Waals surface area (Å²) < 4.78 is 101. The normalized spacial score (nSPS) is 16.6. The number of nitrogens with zero attached hydrogens (tertiary/aromatic N) is 2. The van der Waals surface area contributed by atoms with E-state index in [-0.39, 0.29) is 11.3 Å². The molecule has 3 aromatic rings. The molecule has 1 aliphatic rings. The van der Waals surface area contributed by atoms with E-state index < -0.39 is 41.9 Å². The van der Waals surface area contributed by atoms with Crippen LogP contribution in [-0.2, 0) is 0 Å². The van der Waals surface area contributed by atoms with Crippen LogP contribution in [0.15, 0.2) is 77.9 Å². The maximum Gasteiger partial charge on any atom is 0.431 e. The van der Waals surface area contributed by atoms with Crippen LogP contribution in [0, 0.1) is 5.82 Å². The van der Waals surface area contributed by atoms with Gasteiger partial charge in [0.05, 0.1) is 24.0 Å². The van der Waals surface area contributed by atoms with E-state index in [0.717, 1.165) is 16.6 Å². The van der Waals surface area contributed by atoms with E-state index in [1.807, 2.05) is 13.0 Å². The maximum absolute atomic E-state index is 14.6. The number of rotatable bonds is 6. The molecule has 1 heterocycles. The van der Waals surface area contributed by atoms with Gasteiger partial charge in [0, 0.05) is 6.42 Å². The summed E-state index contributed by atoms with van der Waals surface area (Å²) in [6, 6.07) is 17.1. The first-order valence-electron chi connectivity index (χ1n) is 11.2. The molecule has 0 aromatic heterocycles. The second-order valence-corrected chi connectivity index (χ2v) is 8.35. The Hall–Kier alpha value is -3.60. The fourth-order valence-electron chi connectivity index (χ4n) is 4.17. The van der Waals surface area contributed by atoms with Crippen LogP contribution in [0.25, 0.3) is 11.1 Å². The highest BCUT2D eigenvalue weighted by Gasteiger charge is 2.74. The summed E-state index contributed by atoms with van der Waals surface area (Å²) in [5.74, 6) is -0.272. The molecule has 0 saturated heterocycles. The van der Waals surface area contributed by atoms with Crippen LogP contribution in [0.5, 0.6) is 5.75 Å². The van der Waals surface area contributed by atoms with Gasteiger partial charge in [-0.05, 0) is 47.9 Å². The second kappa shape index (κ2) is 9.70. The number of alkyl halides is 6. The highest BCUT2D eigenvalue weighted by atomic mass is 19.4. The zero-order valence-corrected chi connectivity index (χ0v) is 19.3. The number of ether oxygens (including phenoxy) is 1. The molecule has 0 aliphatic carbocycles. The first-order valence-corrected chi connectivity index (χ1v) is 11.2. The molecule has 3 aromatic carbocycles. The fourth-order valence-corrected chi connectivity index (χ4v) is 4.17. The van der Waals surface area contributed by atoms with Crippen molar-refractivity contribution in [2.75, 3.05) is 11.6 Å². The van der Waals surface area contributed by atoms with E-state index in [9.17, 15) is 35.8 Å². The van der Waals surface area contributed by atoms with Crippen LogP contribution in [0.3, 0.4) is 0 Å². The van der Waals surface area contributed by atoms with Crippen molar-refractivity contribution in [3.8, 4) is 16.9 Å². The lowest BCUT2D eigenvalue weighted by Crippen LogP contribution is -2.62. The van der Waals surface area contributed by atoms with Crippen LogP contribution in [-0.4, -0.2) is 35.4 Å². The van der Waals surface area contributed by atoms with Gasteiger partial charge in [-0.3, -0.25) is 5.01 Å². The lowest BCUT2D eigenvalue weighted by Gasteiger charge is -2.32. The summed E-state index contributed by atoms with van der Waals surface area (Å²) in [5, 5.41) is 14.2. The molecule has 11 heteroatoms. The van der Waals surface area contributed by atoms with E-state index >= 15 is 0 Å². The molecule has 37 heavy (non-hydrogen) atoms. The molecule has 0 saturated carbocycles. The van der Waals surface area contributed by atoms with Crippen molar-refractivity contribution in [1.29, 1.82) is 0 Å². The second-order valence-electron chi connectivity index (χ2n) is 8.35. The zero-order valence-electron chi connectivity index (χ0n) is 19.3. The molecule has 0 bridgehead atoms. The van der Waals surface area contributed by atoms with Gasteiger partial charge in [-0.1, -0.05) is 48.5 Å². The Bertz CT molecular complexity index is 1270. The third kappa shape index (κ3) is 4.87. The van der Waals surface area contributed by atoms with Crippen molar-refractivity contribution >= 4 is 11.4 Å². The molecule has 1 unspecified atom stereocenters. The number of benzene rings is 3. The van der Waals surface area contributed by atoms with E-state index in [0.29, 0.717) is 17.9 Å². The lowest BCUT2D eigenvalue weighted by atomic mass is 9.89. The van der Waals surface area contributed by atoms with Gasteiger partial charge < -0.3 is 9.84 Å². The quantitative estimate of drug-likeness (QED) is 0.350. The van der Waals surface area contributed by atoms with Crippen LogP contribution >= 0.6 is 0 Å². The van der Waals surface area contributed by atoms with Crippen LogP contribution in [0.4, 0.5) is 36.4 Å². The first-order chi connectivity index (χ1) is 17.4. The molecule has 4 nitrogen and oxygen atoms in total. The van der Waals surface area contributed by atoms with E-state index in [1.54, 1.807) is 30.3 Å². The van der Waals surface area contributed by atoms with Crippen LogP contribution in [0.2, 0.25) is 0 Å². The third-order valence-corrected chi connectivity index (χ3v) is 6.02. The molecule has 1 N–H and O–H groups in total. The Labute approximate surface area is 207 Å². The summed E-state index contributed by atoms with van der Waals surface area (Å²) in [7, 11) is 0. The average Bonchev–Trinajstić information content (AvgIpc) is 3.28. The van der Waals surface area contributed by atoms with Gasteiger partial charge in [-0.25, -0.2) is 4.39 Å². The number of hydrogen-bond acceptors (Lipinski definition) is 4. The Balaban J connectivity index is 1.75. The number of hydrazone groups is 1. The minimum Gasteiger partial charge on any atom is -0.494 e. The van der Waals surface area contributed by atoms with E-state index in [2.05, 4.69) is 5.10 Å². The predicted octanol–water partition coefficient (Wildman–Crippen LogP) is 7.05. The van der Waals surface area contributed by atoms with Crippen molar-refractivity contribution in [1.82, 2.24) is 0 Å². The van der Waals surface area contributed by atoms with Crippen molar-refractivity contribution in [2.24, 2.45) is 5.10 Å². The van der Waals surface area contributed by atoms with Crippen molar-refractivity contribution < 1.29 is 40.6 Å². The van der Waals surface area contributed by atoms with Gasteiger partial charge in [-0.15, -0.1) is 0 Å². The van der Waals surface area contributed by atoms with Crippen molar-refractivity contribution in [2.45, 2.75) is 37.3 Å². The minimum atomic E-state index is -6.10. The average molecular weight is 526 g/mol. The Morgan fingerprint density at radius 1 is 0.892 bits per heavy atom. The monoisotopic (exact) mass is 526 g/mol. The summed E-state index contributed by atoms with van der Waals surface area (Å²) in [6.07, 6.45) is -13.1. The topological polar surface area (TPSA) is 45.1 Å². The van der Waals surface area contributed by atoms with Gasteiger partial charge >= 0.3 is 12.4 Å². The van der Waals surface area contributed by atoms with Crippen LogP contribution < -0.4 is 9.75 Å². The summed E-state index contributed by atoms with van der Waals surface area (Å²) in [4.78, 5) is 0. The SMILES string of the molecule is CCOc1cccc(-c2ccc(C3CC(C(O)(C(F)(F)F)C(F)(F)F)=NN3c3ccccc3F)cc2)c1. The Morgan fingerprint density at radius 3 is 2.14 bits per heavy atom. The smallest absolute Gasteiger partial charge is 0.431 e. The highest BCUT2D eigenvalue weighted by molar-refractivity contribution is 5.97. The summed E-state index contributed by atoms with van der Waals surface area (Å²) in [6.45, 7) is 2.29. The van der Waals surface area contributed by atoms with Crippen molar-refractivity contribution in [3.05, 3.63) is 84.2 Å². The number of halogens is 7. The number of aliphatic hydroxyl groups is 1. The Morgan fingerprint density at radius 2 is 1.54 bits per heavy atom. The first kappa shape index (κ1) is 26.5. The number of anilines is 1. The molecule has 196 valence electrons. The molecule has 1 atom stereocenters. The standard InChI is InChI=1S/C26H21F7N2O2/c1-2-37-19-7-5-6-18(14-19)16-10-12-17(13-11-16)22-15-23(24(36,25(28,29)30)26(31,32)33)34-35(22)21-9-4-3-8-20(21)27/h3-14,22,36H,2,15H2,1H3. The maximum atomic E-state index is 14.6. The predicted molar refractivity (Wildman–Crippen MR) is 124 cm³/mol. The highest BCUT2D eigenvalue weighted by Crippen LogP contribution is 2.49. The molecule has 0 spiro atoms. The van der Waals surface area contributed by atoms with Gasteiger partial charge in [-0.2, -0.15) is 31.4 Å².